The first-order valence-electron chi connectivity index (χ1n) is 7.98. The number of aliphatic imine (C=N–C) groups is 1. The summed E-state index contributed by atoms with van der Waals surface area (Å²) in [5, 5.41) is 6.44. The Kier molecular flexibility index (Phi) is 7.01. The van der Waals surface area contributed by atoms with Crippen LogP contribution in [0.4, 0.5) is 4.39 Å². The first kappa shape index (κ1) is 17.7. The highest BCUT2D eigenvalue weighted by Crippen LogP contribution is 2.13. The van der Waals surface area contributed by atoms with E-state index in [4.69, 9.17) is 4.74 Å². The molecule has 0 fully saturated rings. The number of hydrogen-bond donors (Lipinski definition) is 2. The molecule has 0 radical (unpaired) electrons. The minimum Gasteiger partial charge on any atom is -0.478 e. The van der Waals surface area contributed by atoms with E-state index in [0.29, 0.717) is 31.5 Å². The van der Waals surface area contributed by atoms with Crippen molar-refractivity contribution in [2.24, 2.45) is 4.99 Å². The number of guanidine groups is 1. The van der Waals surface area contributed by atoms with Gasteiger partial charge in [0, 0.05) is 31.9 Å². The molecule has 6 heteroatoms. The van der Waals surface area contributed by atoms with Crippen LogP contribution in [0.2, 0.25) is 0 Å². The number of hydrogen-bond acceptors (Lipinski definition) is 3. The lowest BCUT2D eigenvalue weighted by Crippen LogP contribution is -2.38. The molecule has 0 aliphatic carbocycles. The fraction of sp³-hybridized carbons (Fsp3) is 0.333. The second kappa shape index (κ2) is 9.50. The fourth-order valence-electron chi connectivity index (χ4n) is 2.24. The normalized spacial score (nSPS) is 11.2. The molecule has 0 saturated carbocycles. The zero-order chi connectivity index (χ0) is 17.2. The van der Waals surface area contributed by atoms with Gasteiger partial charge in [0.25, 0.3) is 0 Å². The summed E-state index contributed by atoms with van der Waals surface area (Å²) in [6.07, 6.45) is 2.43. The summed E-state index contributed by atoms with van der Waals surface area (Å²) in [5.41, 5.74) is 1.91. The van der Waals surface area contributed by atoms with Crippen LogP contribution in [0.5, 0.6) is 5.88 Å². The molecule has 0 spiro atoms. The zero-order valence-corrected chi connectivity index (χ0v) is 14.1. The van der Waals surface area contributed by atoms with Gasteiger partial charge in [-0.1, -0.05) is 18.2 Å². The highest BCUT2D eigenvalue weighted by molar-refractivity contribution is 5.79. The molecule has 5 nitrogen and oxygen atoms in total. The monoisotopic (exact) mass is 330 g/mol. The highest BCUT2D eigenvalue weighted by Gasteiger charge is 2.05. The third-order valence-electron chi connectivity index (χ3n) is 3.40. The average Bonchev–Trinajstić information content (AvgIpc) is 2.59. The topological polar surface area (TPSA) is 58.5 Å². The van der Waals surface area contributed by atoms with E-state index in [9.17, 15) is 4.39 Å². The Morgan fingerprint density at radius 1 is 1.25 bits per heavy atom. The predicted octanol–water partition coefficient (Wildman–Crippen LogP) is 2.53. The van der Waals surface area contributed by atoms with Crippen LogP contribution in [0.3, 0.4) is 0 Å². The van der Waals surface area contributed by atoms with E-state index in [0.717, 1.165) is 17.5 Å². The van der Waals surface area contributed by atoms with Crippen LogP contribution in [0.1, 0.15) is 18.1 Å². The maximum absolute atomic E-state index is 13.2. The van der Waals surface area contributed by atoms with Gasteiger partial charge in [0.05, 0.1) is 6.61 Å². The van der Waals surface area contributed by atoms with Crippen LogP contribution in [-0.4, -0.2) is 31.1 Å². The Hall–Kier alpha value is -2.63. The smallest absolute Gasteiger partial charge is 0.218 e. The second-order valence-electron chi connectivity index (χ2n) is 5.13. The zero-order valence-electron chi connectivity index (χ0n) is 14.1. The lowest BCUT2D eigenvalue weighted by Gasteiger charge is -2.13. The first-order valence-corrected chi connectivity index (χ1v) is 7.98. The minimum atomic E-state index is -0.213. The molecule has 0 amide bonds. The number of pyridine rings is 1. The van der Waals surface area contributed by atoms with Crippen LogP contribution >= 0.6 is 0 Å². The standard InChI is InChI=1S/C18H23FN4O/c1-3-24-17-15(7-5-10-21-17)13-23-18(20-2)22-11-9-14-6-4-8-16(19)12-14/h4-8,10,12H,3,9,11,13H2,1-2H3,(H2,20,22,23). The van der Waals surface area contributed by atoms with Gasteiger partial charge < -0.3 is 15.4 Å². The summed E-state index contributed by atoms with van der Waals surface area (Å²) < 4.78 is 18.7. The molecule has 0 unspecified atom stereocenters. The van der Waals surface area contributed by atoms with Crippen LogP contribution < -0.4 is 15.4 Å². The van der Waals surface area contributed by atoms with E-state index in [1.807, 2.05) is 25.1 Å². The number of benzene rings is 1. The number of aromatic nitrogens is 1. The van der Waals surface area contributed by atoms with E-state index in [2.05, 4.69) is 20.6 Å². The van der Waals surface area contributed by atoms with Gasteiger partial charge in [0.2, 0.25) is 5.88 Å². The third kappa shape index (κ3) is 5.53. The molecule has 24 heavy (non-hydrogen) atoms. The summed E-state index contributed by atoms with van der Waals surface area (Å²) in [7, 11) is 1.71. The molecule has 0 atom stereocenters. The van der Waals surface area contributed by atoms with Crippen molar-refractivity contribution in [1.29, 1.82) is 0 Å². The molecule has 1 heterocycles. The van der Waals surface area contributed by atoms with Crippen LogP contribution in [0.15, 0.2) is 47.6 Å². The number of nitrogens with zero attached hydrogens (tertiary/aromatic N) is 2. The molecular formula is C18H23FN4O. The Bertz CT molecular complexity index is 676. The van der Waals surface area contributed by atoms with Crippen molar-refractivity contribution in [3.05, 3.63) is 59.5 Å². The molecule has 1 aromatic carbocycles. The van der Waals surface area contributed by atoms with Gasteiger partial charge in [-0.15, -0.1) is 0 Å². The van der Waals surface area contributed by atoms with Gasteiger partial charge in [-0.05, 0) is 37.1 Å². The molecule has 0 bridgehead atoms. The molecule has 2 N–H and O–H groups in total. The van der Waals surface area contributed by atoms with E-state index >= 15 is 0 Å². The molecule has 1 aromatic heterocycles. The molecule has 0 saturated heterocycles. The lowest BCUT2D eigenvalue weighted by atomic mass is 10.1. The molecule has 2 rings (SSSR count). The van der Waals surface area contributed by atoms with E-state index in [-0.39, 0.29) is 5.82 Å². The van der Waals surface area contributed by atoms with Gasteiger partial charge >= 0.3 is 0 Å². The first-order chi connectivity index (χ1) is 11.7. The Morgan fingerprint density at radius 3 is 2.88 bits per heavy atom. The van der Waals surface area contributed by atoms with Crippen LogP contribution in [0.25, 0.3) is 0 Å². The maximum atomic E-state index is 13.2. The average molecular weight is 330 g/mol. The minimum absolute atomic E-state index is 0.213. The van der Waals surface area contributed by atoms with E-state index < -0.39 is 0 Å². The van der Waals surface area contributed by atoms with Crippen LogP contribution in [-0.2, 0) is 13.0 Å². The predicted molar refractivity (Wildman–Crippen MR) is 93.7 cm³/mol. The van der Waals surface area contributed by atoms with Crippen molar-refractivity contribution in [2.45, 2.75) is 19.9 Å². The van der Waals surface area contributed by atoms with Crippen molar-refractivity contribution in [1.82, 2.24) is 15.6 Å². The fourth-order valence-corrected chi connectivity index (χ4v) is 2.24. The summed E-state index contributed by atoms with van der Waals surface area (Å²) in [6.45, 7) is 3.72. The molecule has 0 aliphatic rings. The van der Waals surface area contributed by atoms with Gasteiger partial charge in [-0.2, -0.15) is 0 Å². The highest BCUT2D eigenvalue weighted by atomic mass is 19.1. The van der Waals surface area contributed by atoms with Crippen molar-refractivity contribution in [3.8, 4) is 5.88 Å². The summed E-state index contributed by atoms with van der Waals surface area (Å²) in [5.74, 6) is 1.09. The van der Waals surface area contributed by atoms with E-state index in [1.54, 1.807) is 25.4 Å². The molecular weight excluding hydrogens is 307 g/mol. The summed E-state index contributed by atoms with van der Waals surface area (Å²) in [6, 6.07) is 10.5. The van der Waals surface area contributed by atoms with Crippen molar-refractivity contribution >= 4 is 5.96 Å². The number of ether oxygens (including phenoxy) is 1. The van der Waals surface area contributed by atoms with Gasteiger partial charge in [-0.25, -0.2) is 9.37 Å². The maximum Gasteiger partial charge on any atom is 0.218 e. The van der Waals surface area contributed by atoms with Crippen molar-refractivity contribution < 1.29 is 9.13 Å². The summed E-state index contributed by atoms with van der Waals surface area (Å²) in [4.78, 5) is 8.41. The van der Waals surface area contributed by atoms with Crippen LogP contribution in [0, 0.1) is 5.82 Å². The Morgan fingerprint density at radius 2 is 2.12 bits per heavy atom. The van der Waals surface area contributed by atoms with Gasteiger partial charge in [-0.3, -0.25) is 4.99 Å². The van der Waals surface area contributed by atoms with E-state index in [1.165, 1.54) is 6.07 Å². The molecule has 128 valence electrons. The third-order valence-corrected chi connectivity index (χ3v) is 3.40. The SMILES string of the molecule is CCOc1ncccc1CNC(=NC)NCCc1cccc(F)c1. The molecule has 2 aromatic rings. The van der Waals surface area contributed by atoms with Gasteiger partial charge in [0.1, 0.15) is 5.82 Å². The molecule has 0 aliphatic heterocycles. The van der Waals surface area contributed by atoms with Crippen molar-refractivity contribution in [2.75, 3.05) is 20.2 Å². The number of halogens is 1. The largest absolute Gasteiger partial charge is 0.478 e. The number of nitrogens with one attached hydrogen (secondary N) is 2. The van der Waals surface area contributed by atoms with Crippen molar-refractivity contribution in [3.63, 3.8) is 0 Å². The lowest BCUT2D eigenvalue weighted by molar-refractivity contribution is 0.322. The quantitative estimate of drug-likeness (QED) is 0.605. The Labute approximate surface area is 142 Å². The number of rotatable bonds is 7. The summed E-state index contributed by atoms with van der Waals surface area (Å²) >= 11 is 0. The van der Waals surface area contributed by atoms with Gasteiger partial charge in [0.15, 0.2) is 5.96 Å². The Balaban J connectivity index is 1.82. The second-order valence-corrected chi connectivity index (χ2v) is 5.13.